The van der Waals surface area contributed by atoms with Crippen LogP contribution in [-0.4, -0.2) is 52.6 Å². The highest BCUT2D eigenvalue weighted by Crippen LogP contribution is 2.41. The van der Waals surface area contributed by atoms with Crippen LogP contribution in [-0.2, 0) is 0 Å². The lowest BCUT2D eigenvalue weighted by molar-refractivity contribution is -0.00580. The second-order valence-corrected chi connectivity index (χ2v) is 8.17. The Morgan fingerprint density at radius 2 is 2.03 bits per heavy atom. The van der Waals surface area contributed by atoms with Crippen molar-refractivity contribution in [3.05, 3.63) is 53.2 Å². The fraction of sp³-hybridized carbons (Fsp3) is 0.348. The third-order valence-electron chi connectivity index (χ3n) is 6.25. The summed E-state index contributed by atoms with van der Waals surface area (Å²) in [6, 6.07) is 9.08. The number of carbonyl (C=O) groups is 2. The van der Waals surface area contributed by atoms with Gasteiger partial charge in [-0.15, -0.1) is 0 Å². The zero-order chi connectivity index (χ0) is 20.9. The van der Waals surface area contributed by atoms with Gasteiger partial charge in [-0.3, -0.25) is 14.7 Å². The van der Waals surface area contributed by atoms with Crippen LogP contribution in [0.1, 0.15) is 45.5 Å². The number of aromatic nitrogens is 2. The lowest BCUT2D eigenvalue weighted by Crippen LogP contribution is -2.52. The number of nitrogens with zero attached hydrogens (tertiary/aromatic N) is 2. The molecule has 154 valence electrons. The number of fused-ring (bicyclic) bond motifs is 2. The third-order valence-corrected chi connectivity index (χ3v) is 6.25. The van der Waals surface area contributed by atoms with Crippen molar-refractivity contribution >= 4 is 22.6 Å². The Hall–Kier alpha value is -3.35. The first kappa shape index (κ1) is 18.7. The van der Waals surface area contributed by atoms with E-state index in [9.17, 15) is 9.59 Å². The Labute approximate surface area is 174 Å². The van der Waals surface area contributed by atoms with Crippen LogP contribution in [0.3, 0.4) is 0 Å². The quantitative estimate of drug-likeness (QED) is 0.705. The number of Topliss-reactive ketones (excluding diaryl/α,β-unsaturated/α-hetero) is 1. The number of hydrogen-bond donors (Lipinski definition) is 1. The number of piperidine rings is 1. The van der Waals surface area contributed by atoms with Crippen molar-refractivity contribution in [3.63, 3.8) is 0 Å². The van der Waals surface area contributed by atoms with Gasteiger partial charge in [-0.25, -0.2) is 0 Å². The minimum Gasteiger partial charge on any atom is -0.497 e. The van der Waals surface area contributed by atoms with Crippen LogP contribution in [0.2, 0.25) is 0 Å². The molecule has 0 saturated carbocycles. The molecule has 7 nitrogen and oxygen atoms in total. The number of nitrogens with one attached hydrogen (secondary N) is 1. The molecule has 2 aliphatic heterocycles. The zero-order valence-corrected chi connectivity index (χ0v) is 17.0. The summed E-state index contributed by atoms with van der Waals surface area (Å²) in [5.74, 6) is 1.32. The standard InChI is InChI=1S/C23H23N3O4/c1-14-9-15(10-16-13-24-25-21(14)16)22(28)26-7-5-23(6-8-26)12-19(27)18-4-3-17(29-2)11-20(18)30-23/h3-4,9-11,13H,5-8,12H2,1-2H3,(H,24,25). The number of ether oxygens (including phenoxy) is 2. The molecule has 1 aromatic heterocycles. The highest BCUT2D eigenvalue weighted by Gasteiger charge is 2.43. The maximum Gasteiger partial charge on any atom is 0.253 e. The first-order valence-corrected chi connectivity index (χ1v) is 10.1. The molecule has 1 fully saturated rings. The predicted molar refractivity (Wildman–Crippen MR) is 111 cm³/mol. The van der Waals surface area contributed by atoms with Crippen LogP contribution in [0.4, 0.5) is 0 Å². The smallest absolute Gasteiger partial charge is 0.253 e. The van der Waals surface area contributed by atoms with Crippen molar-refractivity contribution in [1.29, 1.82) is 0 Å². The van der Waals surface area contributed by atoms with Gasteiger partial charge in [0.1, 0.15) is 17.1 Å². The summed E-state index contributed by atoms with van der Waals surface area (Å²) in [6.45, 7) is 3.07. The first-order valence-electron chi connectivity index (χ1n) is 10.1. The number of hydrogen-bond acceptors (Lipinski definition) is 5. The van der Waals surface area contributed by atoms with E-state index in [1.54, 1.807) is 31.5 Å². The number of benzene rings is 2. The molecule has 0 bridgehead atoms. The van der Waals surface area contributed by atoms with Gasteiger partial charge in [0.2, 0.25) is 0 Å². The average molecular weight is 405 g/mol. The van der Waals surface area contributed by atoms with Crippen molar-refractivity contribution < 1.29 is 19.1 Å². The second kappa shape index (κ2) is 6.86. The monoisotopic (exact) mass is 405 g/mol. The topological polar surface area (TPSA) is 84.5 Å². The Morgan fingerprint density at radius 3 is 2.80 bits per heavy atom. The lowest BCUT2D eigenvalue weighted by Gasteiger charge is -2.44. The first-order chi connectivity index (χ1) is 14.5. The number of aryl methyl sites for hydroxylation is 1. The molecule has 0 aliphatic carbocycles. The van der Waals surface area contributed by atoms with Gasteiger partial charge in [0.05, 0.1) is 30.8 Å². The zero-order valence-electron chi connectivity index (χ0n) is 17.0. The van der Waals surface area contributed by atoms with Gasteiger partial charge in [0, 0.05) is 42.9 Å². The normalized spacial score (nSPS) is 17.7. The number of H-pyrrole nitrogens is 1. The number of carbonyl (C=O) groups excluding carboxylic acids is 2. The third kappa shape index (κ3) is 3.01. The molecular weight excluding hydrogens is 382 g/mol. The Kier molecular flexibility index (Phi) is 4.27. The van der Waals surface area contributed by atoms with E-state index in [4.69, 9.17) is 9.47 Å². The minimum atomic E-state index is -0.558. The fourth-order valence-electron chi connectivity index (χ4n) is 4.54. The summed E-state index contributed by atoms with van der Waals surface area (Å²) in [5.41, 5.74) is 2.65. The van der Waals surface area contributed by atoms with Gasteiger partial charge < -0.3 is 14.4 Å². The van der Waals surface area contributed by atoms with Gasteiger partial charge >= 0.3 is 0 Å². The van der Waals surface area contributed by atoms with Crippen LogP contribution in [0.15, 0.2) is 36.5 Å². The molecule has 30 heavy (non-hydrogen) atoms. The second-order valence-electron chi connectivity index (χ2n) is 8.17. The molecule has 5 rings (SSSR count). The molecule has 3 heterocycles. The number of likely N-dealkylation sites (tertiary alicyclic amines) is 1. The minimum absolute atomic E-state index is 0.000236. The summed E-state index contributed by atoms with van der Waals surface area (Å²) in [7, 11) is 1.59. The molecule has 0 unspecified atom stereocenters. The van der Waals surface area contributed by atoms with Crippen molar-refractivity contribution in [1.82, 2.24) is 15.1 Å². The largest absolute Gasteiger partial charge is 0.497 e. The van der Waals surface area contributed by atoms with Crippen molar-refractivity contribution in [2.24, 2.45) is 0 Å². The van der Waals surface area contributed by atoms with E-state index < -0.39 is 5.60 Å². The van der Waals surface area contributed by atoms with Crippen LogP contribution in [0.5, 0.6) is 11.5 Å². The van der Waals surface area contributed by atoms with Crippen LogP contribution < -0.4 is 9.47 Å². The van der Waals surface area contributed by atoms with Crippen LogP contribution >= 0.6 is 0 Å². The average Bonchev–Trinajstić information content (AvgIpc) is 3.22. The molecule has 1 saturated heterocycles. The number of aromatic amines is 1. The fourth-order valence-corrected chi connectivity index (χ4v) is 4.54. The molecule has 0 radical (unpaired) electrons. The van der Waals surface area contributed by atoms with E-state index in [0.717, 1.165) is 16.5 Å². The summed E-state index contributed by atoms with van der Waals surface area (Å²) in [6.07, 6.45) is 3.31. The maximum atomic E-state index is 13.1. The number of rotatable bonds is 2. The SMILES string of the molecule is COc1ccc2c(c1)OC1(CCN(C(=O)c3cc(C)c4[nH]ncc4c3)CC1)CC2=O. The van der Waals surface area contributed by atoms with Crippen LogP contribution in [0, 0.1) is 6.92 Å². The summed E-state index contributed by atoms with van der Waals surface area (Å²) in [4.78, 5) is 27.7. The molecule has 1 spiro atoms. The van der Waals surface area contributed by atoms with E-state index in [0.29, 0.717) is 55.0 Å². The van der Waals surface area contributed by atoms with E-state index in [1.165, 1.54) is 0 Å². The highest BCUT2D eigenvalue weighted by molar-refractivity contribution is 6.01. The van der Waals surface area contributed by atoms with Gasteiger partial charge in [-0.05, 0) is 36.8 Å². The lowest BCUT2D eigenvalue weighted by atomic mass is 9.82. The summed E-state index contributed by atoms with van der Waals surface area (Å²) >= 11 is 0. The molecule has 3 aromatic rings. The molecular formula is C23H23N3O4. The van der Waals surface area contributed by atoms with Gasteiger partial charge in [0.25, 0.3) is 5.91 Å². The molecule has 2 aromatic carbocycles. The predicted octanol–water partition coefficient (Wildman–Crippen LogP) is 3.52. The van der Waals surface area contributed by atoms with Gasteiger partial charge in [-0.2, -0.15) is 5.10 Å². The molecule has 1 amide bonds. The molecule has 0 atom stereocenters. The number of methoxy groups -OCH3 is 1. The Morgan fingerprint density at radius 1 is 1.23 bits per heavy atom. The number of amides is 1. The highest BCUT2D eigenvalue weighted by atomic mass is 16.5. The van der Waals surface area contributed by atoms with Crippen molar-refractivity contribution in [3.8, 4) is 11.5 Å². The van der Waals surface area contributed by atoms with E-state index in [2.05, 4.69) is 10.2 Å². The Bertz CT molecular complexity index is 1160. The molecule has 7 heteroatoms. The molecule has 2 aliphatic rings. The van der Waals surface area contributed by atoms with E-state index in [-0.39, 0.29) is 11.7 Å². The maximum absolute atomic E-state index is 13.1. The number of ketones is 1. The molecule has 1 N–H and O–H groups in total. The summed E-state index contributed by atoms with van der Waals surface area (Å²) < 4.78 is 11.6. The van der Waals surface area contributed by atoms with E-state index >= 15 is 0 Å². The summed E-state index contributed by atoms with van der Waals surface area (Å²) in [5, 5.41) is 7.95. The van der Waals surface area contributed by atoms with Crippen LogP contribution in [0.25, 0.3) is 10.9 Å². The van der Waals surface area contributed by atoms with Gasteiger partial charge in [0.15, 0.2) is 5.78 Å². The van der Waals surface area contributed by atoms with Crippen molar-refractivity contribution in [2.75, 3.05) is 20.2 Å². The van der Waals surface area contributed by atoms with Crippen molar-refractivity contribution in [2.45, 2.75) is 31.8 Å². The van der Waals surface area contributed by atoms with E-state index in [1.807, 2.05) is 24.0 Å². The Balaban J connectivity index is 1.34. The van der Waals surface area contributed by atoms with Gasteiger partial charge in [-0.1, -0.05) is 0 Å².